The first kappa shape index (κ1) is 15.7. The SMILES string of the molecule is CN1CCN(C(=O)c2ccc3ccccc3n2)c2nc3ccccc3nc21. The highest BCUT2D eigenvalue weighted by Crippen LogP contribution is 2.31. The molecule has 3 heterocycles. The maximum absolute atomic E-state index is 13.2. The van der Waals surface area contributed by atoms with Crippen LogP contribution in [0.3, 0.4) is 0 Å². The van der Waals surface area contributed by atoms with Gasteiger partial charge in [-0.2, -0.15) is 0 Å². The lowest BCUT2D eigenvalue weighted by molar-refractivity contribution is 0.0981. The van der Waals surface area contributed by atoms with Crippen molar-refractivity contribution < 1.29 is 4.79 Å². The molecule has 0 atom stereocenters. The highest BCUT2D eigenvalue weighted by Gasteiger charge is 2.29. The Morgan fingerprint density at radius 1 is 0.778 bits per heavy atom. The van der Waals surface area contributed by atoms with Crippen LogP contribution in [0, 0.1) is 0 Å². The number of benzene rings is 2. The zero-order valence-corrected chi connectivity index (χ0v) is 14.8. The van der Waals surface area contributed by atoms with Gasteiger partial charge in [-0.1, -0.05) is 36.4 Å². The molecule has 27 heavy (non-hydrogen) atoms. The first-order chi connectivity index (χ1) is 13.2. The number of nitrogens with zero attached hydrogens (tertiary/aromatic N) is 5. The molecule has 0 aliphatic carbocycles. The Balaban J connectivity index is 1.61. The van der Waals surface area contributed by atoms with Gasteiger partial charge in [0.2, 0.25) is 0 Å². The molecule has 1 aliphatic heterocycles. The maximum atomic E-state index is 13.2. The van der Waals surface area contributed by atoms with Gasteiger partial charge < -0.3 is 4.90 Å². The van der Waals surface area contributed by atoms with E-state index in [0.29, 0.717) is 30.4 Å². The van der Waals surface area contributed by atoms with Gasteiger partial charge in [0.15, 0.2) is 11.6 Å². The summed E-state index contributed by atoms with van der Waals surface area (Å²) in [6.07, 6.45) is 0. The summed E-state index contributed by atoms with van der Waals surface area (Å²) >= 11 is 0. The third kappa shape index (κ3) is 2.57. The Morgan fingerprint density at radius 2 is 1.44 bits per heavy atom. The zero-order valence-electron chi connectivity index (χ0n) is 14.8. The van der Waals surface area contributed by atoms with Crippen LogP contribution in [0.5, 0.6) is 0 Å². The van der Waals surface area contributed by atoms with E-state index in [1.165, 1.54) is 0 Å². The van der Waals surface area contributed by atoms with Gasteiger partial charge >= 0.3 is 0 Å². The lowest BCUT2D eigenvalue weighted by Crippen LogP contribution is -2.44. The van der Waals surface area contributed by atoms with Crippen molar-refractivity contribution >= 4 is 39.5 Å². The molecule has 0 unspecified atom stereocenters. The molecule has 0 N–H and O–H groups in total. The van der Waals surface area contributed by atoms with E-state index in [4.69, 9.17) is 9.97 Å². The fraction of sp³-hybridized carbons (Fsp3) is 0.143. The molecule has 0 saturated carbocycles. The monoisotopic (exact) mass is 355 g/mol. The number of carbonyl (C=O) groups excluding carboxylic acids is 1. The van der Waals surface area contributed by atoms with Gasteiger partial charge in [-0.3, -0.25) is 9.69 Å². The number of pyridine rings is 1. The maximum Gasteiger partial charge on any atom is 0.278 e. The van der Waals surface area contributed by atoms with Gasteiger partial charge in [-0.05, 0) is 24.3 Å². The molecule has 6 heteroatoms. The van der Waals surface area contributed by atoms with E-state index in [9.17, 15) is 4.79 Å². The summed E-state index contributed by atoms with van der Waals surface area (Å²) in [4.78, 5) is 30.9. The van der Waals surface area contributed by atoms with Crippen molar-refractivity contribution in [1.82, 2.24) is 15.0 Å². The summed E-state index contributed by atoms with van der Waals surface area (Å²) in [5.41, 5.74) is 2.82. The van der Waals surface area contributed by atoms with Crippen LogP contribution >= 0.6 is 0 Å². The summed E-state index contributed by atoms with van der Waals surface area (Å²) in [6.45, 7) is 1.24. The topological polar surface area (TPSA) is 62.2 Å². The van der Waals surface area contributed by atoms with Gasteiger partial charge in [-0.25, -0.2) is 15.0 Å². The minimum atomic E-state index is -0.153. The number of fused-ring (bicyclic) bond motifs is 3. The normalized spacial score (nSPS) is 13.8. The van der Waals surface area contributed by atoms with Crippen molar-refractivity contribution in [2.24, 2.45) is 0 Å². The number of para-hydroxylation sites is 3. The van der Waals surface area contributed by atoms with Gasteiger partial charge in [0, 0.05) is 25.5 Å². The number of hydrogen-bond acceptors (Lipinski definition) is 5. The summed E-state index contributed by atoms with van der Waals surface area (Å²) < 4.78 is 0. The summed E-state index contributed by atoms with van der Waals surface area (Å²) in [7, 11) is 1.97. The van der Waals surface area contributed by atoms with Gasteiger partial charge in [-0.15, -0.1) is 0 Å². The lowest BCUT2D eigenvalue weighted by Gasteiger charge is -2.33. The van der Waals surface area contributed by atoms with Crippen LogP contribution in [0.4, 0.5) is 11.6 Å². The molecular weight excluding hydrogens is 338 g/mol. The van der Waals surface area contributed by atoms with Gasteiger partial charge in [0.05, 0.1) is 16.6 Å². The highest BCUT2D eigenvalue weighted by atomic mass is 16.2. The van der Waals surface area contributed by atoms with Crippen LogP contribution in [-0.2, 0) is 0 Å². The Hall–Kier alpha value is -3.54. The van der Waals surface area contributed by atoms with E-state index in [-0.39, 0.29) is 5.91 Å². The predicted octanol–water partition coefficient (Wildman–Crippen LogP) is 3.27. The van der Waals surface area contributed by atoms with Crippen molar-refractivity contribution in [3.63, 3.8) is 0 Å². The summed E-state index contributed by atoms with van der Waals surface area (Å²) in [6, 6.07) is 19.2. The number of aromatic nitrogens is 3. The minimum Gasteiger partial charge on any atom is -0.355 e. The molecule has 4 aromatic rings. The fourth-order valence-corrected chi connectivity index (χ4v) is 3.40. The molecule has 0 saturated heterocycles. The molecule has 0 radical (unpaired) electrons. The van der Waals surface area contributed by atoms with Crippen LogP contribution in [0.25, 0.3) is 21.9 Å². The third-order valence-corrected chi connectivity index (χ3v) is 4.87. The average Bonchev–Trinajstić information content (AvgIpc) is 2.72. The fourth-order valence-electron chi connectivity index (χ4n) is 3.40. The van der Waals surface area contributed by atoms with E-state index in [2.05, 4.69) is 4.98 Å². The van der Waals surface area contributed by atoms with Crippen molar-refractivity contribution in [3.05, 3.63) is 66.4 Å². The predicted molar refractivity (Wildman–Crippen MR) is 106 cm³/mol. The van der Waals surface area contributed by atoms with Gasteiger partial charge in [0.1, 0.15) is 5.69 Å². The minimum absolute atomic E-state index is 0.153. The van der Waals surface area contributed by atoms with E-state index >= 15 is 0 Å². The first-order valence-corrected chi connectivity index (χ1v) is 8.86. The van der Waals surface area contributed by atoms with E-state index < -0.39 is 0 Å². The van der Waals surface area contributed by atoms with Crippen LogP contribution < -0.4 is 9.80 Å². The second-order valence-corrected chi connectivity index (χ2v) is 6.63. The molecular formula is C21H17N5O. The summed E-state index contributed by atoms with van der Waals surface area (Å²) in [5.74, 6) is 1.15. The van der Waals surface area contributed by atoms with Crippen molar-refractivity contribution in [3.8, 4) is 0 Å². The molecule has 2 aromatic carbocycles. The molecule has 0 spiro atoms. The summed E-state index contributed by atoms with van der Waals surface area (Å²) in [5, 5.41) is 1.01. The van der Waals surface area contributed by atoms with E-state index in [0.717, 1.165) is 21.9 Å². The Labute approximate surface area is 156 Å². The molecule has 132 valence electrons. The highest BCUT2D eigenvalue weighted by molar-refractivity contribution is 6.07. The van der Waals surface area contributed by atoms with Crippen molar-refractivity contribution in [1.29, 1.82) is 0 Å². The second-order valence-electron chi connectivity index (χ2n) is 6.63. The quantitative estimate of drug-likeness (QED) is 0.524. The zero-order chi connectivity index (χ0) is 18.4. The largest absolute Gasteiger partial charge is 0.355 e. The second kappa shape index (κ2) is 6.02. The van der Waals surface area contributed by atoms with Crippen LogP contribution in [-0.4, -0.2) is 41.0 Å². The number of carbonyl (C=O) groups is 1. The smallest absolute Gasteiger partial charge is 0.278 e. The number of amides is 1. The van der Waals surface area contributed by atoms with Crippen molar-refractivity contribution in [2.45, 2.75) is 0 Å². The van der Waals surface area contributed by atoms with Crippen molar-refractivity contribution in [2.75, 3.05) is 29.9 Å². The molecule has 0 bridgehead atoms. The number of likely N-dealkylation sites (N-methyl/N-ethyl adjacent to an activating group) is 1. The lowest BCUT2D eigenvalue weighted by atomic mass is 10.2. The van der Waals surface area contributed by atoms with Crippen LogP contribution in [0.15, 0.2) is 60.7 Å². The van der Waals surface area contributed by atoms with Crippen LogP contribution in [0.2, 0.25) is 0 Å². The average molecular weight is 355 g/mol. The standard InChI is InChI=1S/C21H17N5O/c1-25-12-13-26(20-19(25)23-16-8-4-5-9-17(16)24-20)21(27)18-11-10-14-6-2-3-7-15(14)22-18/h2-11H,12-13H2,1H3. The first-order valence-electron chi connectivity index (χ1n) is 8.86. The molecule has 2 aromatic heterocycles. The number of rotatable bonds is 1. The molecule has 6 nitrogen and oxygen atoms in total. The Kier molecular flexibility index (Phi) is 3.50. The third-order valence-electron chi connectivity index (χ3n) is 4.87. The molecule has 5 rings (SSSR count). The molecule has 0 fully saturated rings. The Morgan fingerprint density at radius 3 is 2.22 bits per heavy atom. The number of anilines is 2. The van der Waals surface area contributed by atoms with Crippen LogP contribution in [0.1, 0.15) is 10.5 Å². The Bertz CT molecular complexity index is 1190. The van der Waals surface area contributed by atoms with E-state index in [1.807, 2.05) is 66.5 Å². The van der Waals surface area contributed by atoms with Gasteiger partial charge in [0.25, 0.3) is 5.91 Å². The molecule has 1 amide bonds. The molecule has 1 aliphatic rings. The number of hydrogen-bond donors (Lipinski definition) is 0. The van der Waals surface area contributed by atoms with E-state index in [1.54, 1.807) is 11.0 Å².